The number of carbonyl (C=O) groups is 2. The van der Waals surface area contributed by atoms with Gasteiger partial charge in [0.2, 0.25) is 0 Å². The summed E-state index contributed by atoms with van der Waals surface area (Å²) in [6.07, 6.45) is 2.87. The lowest BCUT2D eigenvalue weighted by molar-refractivity contribution is -0.143. The van der Waals surface area contributed by atoms with Gasteiger partial charge in [0.1, 0.15) is 11.8 Å². The SMILES string of the molecule is CC1CCN(C(=O)NCc2ccco2)C(C(=O)O)C1. The Morgan fingerprint density at radius 1 is 1.58 bits per heavy atom. The van der Waals surface area contributed by atoms with E-state index in [4.69, 9.17) is 4.42 Å². The topological polar surface area (TPSA) is 82.8 Å². The molecule has 0 bridgehead atoms. The van der Waals surface area contributed by atoms with E-state index in [2.05, 4.69) is 5.32 Å². The summed E-state index contributed by atoms with van der Waals surface area (Å²) < 4.78 is 5.11. The minimum Gasteiger partial charge on any atom is -0.480 e. The van der Waals surface area contributed by atoms with Crippen molar-refractivity contribution in [3.63, 3.8) is 0 Å². The van der Waals surface area contributed by atoms with Gasteiger partial charge in [-0.1, -0.05) is 6.92 Å². The highest BCUT2D eigenvalue weighted by atomic mass is 16.4. The number of carboxylic acids is 1. The highest BCUT2D eigenvalue weighted by Gasteiger charge is 2.34. The quantitative estimate of drug-likeness (QED) is 0.871. The highest BCUT2D eigenvalue weighted by Crippen LogP contribution is 2.22. The third-order valence-corrected chi connectivity index (χ3v) is 3.40. The van der Waals surface area contributed by atoms with Crippen LogP contribution in [0.15, 0.2) is 22.8 Å². The average Bonchev–Trinajstić information content (AvgIpc) is 2.88. The Kier molecular flexibility index (Phi) is 4.09. The first-order chi connectivity index (χ1) is 9.08. The van der Waals surface area contributed by atoms with Crippen LogP contribution in [0.3, 0.4) is 0 Å². The van der Waals surface area contributed by atoms with Gasteiger partial charge in [-0.05, 0) is 30.9 Å². The van der Waals surface area contributed by atoms with E-state index in [0.29, 0.717) is 24.6 Å². The van der Waals surface area contributed by atoms with Crippen molar-refractivity contribution in [1.29, 1.82) is 0 Å². The van der Waals surface area contributed by atoms with Gasteiger partial charge in [-0.15, -0.1) is 0 Å². The molecule has 0 saturated carbocycles. The van der Waals surface area contributed by atoms with Crippen molar-refractivity contribution < 1.29 is 19.1 Å². The second kappa shape index (κ2) is 5.77. The van der Waals surface area contributed by atoms with Gasteiger partial charge in [0.15, 0.2) is 0 Å². The van der Waals surface area contributed by atoms with Crippen molar-refractivity contribution in [3.05, 3.63) is 24.2 Å². The molecular weight excluding hydrogens is 248 g/mol. The van der Waals surface area contributed by atoms with Gasteiger partial charge < -0.3 is 19.7 Å². The number of rotatable bonds is 3. The third-order valence-electron chi connectivity index (χ3n) is 3.40. The van der Waals surface area contributed by atoms with E-state index in [1.165, 1.54) is 11.2 Å². The molecule has 0 aromatic carbocycles. The molecule has 0 radical (unpaired) electrons. The number of nitrogens with zero attached hydrogens (tertiary/aromatic N) is 1. The minimum atomic E-state index is -0.945. The number of furan rings is 1. The summed E-state index contributed by atoms with van der Waals surface area (Å²) >= 11 is 0. The fourth-order valence-electron chi connectivity index (χ4n) is 2.30. The van der Waals surface area contributed by atoms with Crippen molar-refractivity contribution >= 4 is 12.0 Å². The molecule has 2 unspecified atom stereocenters. The van der Waals surface area contributed by atoms with Crippen LogP contribution in [0.4, 0.5) is 4.79 Å². The first kappa shape index (κ1) is 13.5. The lowest BCUT2D eigenvalue weighted by atomic mass is 9.93. The Morgan fingerprint density at radius 3 is 3.00 bits per heavy atom. The first-order valence-corrected chi connectivity index (χ1v) is 6.37. The van der Waals surface area contributed by atoms with Crippen LogP contribution < -0.4 is 5.32 Å². The Balaban J connectivity index is 1.94. The van der Waals surface area contributed by atoms with Crippen molar-refractivity contribution in [1.82, 2.24) is 10.2 Å². The second-order valence-corrected chi connectivity index (χ2v) is 4.92. The largest absolute Gasteiger partial charge is 0.480 e. The number of carbonyl (C=O) groups excluding carboxylic acids is 1. The smallest absolute Gasteiger partial charge is 0.326 e. The van der Waals surface area contributed by atoms with Crippen molar-refractivity contribution in [2.45, 2.75) is 32.4 Å². The molecule has 2 heterocycles. The molecule has 0 spiro atoms. The normalized spacial score (nSPS) is 23.1. The van der Waals surface area contributed by atoms with Crippen molar-refractivity contribution in [3.8, 4) is 0 Å². The predicted octanol–water partition coefficient (Wildman–Crippen LogP) is 1.67. The van der Waals surface area contributed by atoms with Gasteiger partial charge in [-0.2, -0.15) is 0 Å². The molecule has 1 saturated heterocycles. The zero-order valence-electron chi connectivity index (χ0n) is 10.8. The molecule has 1 fully saturated rings. The standard InChI is InChI=1S/C13H18N2O4/c1-9-4-5-15(11(7-9)12(16)17)13(18)14-8-10-3-2-6-19-10/h2-3,6,9,11H,4-5,7-8H2,1H3,(H,14,18)(H,16,17). The van der Waals surface area contributed by atoms with Gasteiger partial charge in [0.25, 0.3) is 0 Å². The molecule has 2 atom stereocenters. The van der Waals surface area contributed by atoms with Crippen LogP contribution >= 0.6 is 0 Å². The Morgan fingerprint density at radius 2 is 2.37 bits per heavy atom. The molecule has 1 aromatic rings. The van der Waals surface area contributed by atoms with E-state index >= 15 is 0 Å². The molecule has 1 aliphatic heterocycles. The van der Waals surface area contributed by atoms with Gasteiger partial charge in [0.05, 0.1) is 12.8 Å². The van der Waals surface area contributed by atoms with Crippen LogP contribution in [0, 0.1) is 5.92 Å². The lowest BCUT2D eigenvalue weighted by Crippen LogP contribution is -2.53. The summed E-state index contributed by atoms with van der Waals surface area (Å²) in [5.74, 6) is 0.0283. The number of hydrogen-bond acceptors (Lipinski definition) is 3. The van der Waals surface area contributed by atoms with Crippen molar-refractivity contribution in [2.75, 3.05) is 6.54 Å². The monoisotopic (exact) mass is 266 g/mol. The van der Waals surface area contributed by atoms with Gasteiger partial charge in [-0.3, -0.25) is 0 Å². The maximum Gasteiger partial charge on any atom is 0.326 e. The molecule has 2 amide bonds. The summed E-state index contributed by atoms with van der Waals surface area (Å²) in [5, 5.41) is 11.9. The summed E-state index contributed by atoms with van der Waals surface area (Å²) in [6, 6.07) is 2.41. The van der Waals surface area contributed by atoms with E-state index in [9.17, 15) is 14.7 Å². The number of carboxylic acid groups (broad SMARTS) is 1. The summed E-state index contributed by atoms with van der Waals surface area (Å²) in [6.45, 7) is 2.75. The molecule has 6 heteroatoms. The summed E-state index contributed by atoms with van der Waals surface area (Å²) in [4.78, 5) is 24.6. The summed E-state index contributed by atoms with van der Waals surface area (Å²) in [5.41, 5.74) is 0. The maximum atomic E-state index is 12.0. The van der Waals surface area contributed by atoms with Crippen LogP contribution in [-0.4, -0.2) is 34.6 Å². The zero-order chi connectivity index (χ0) is 13.8. The Bertz CT molecular complexity index is 444. The zero-order valence-corrected chi connectivity index (χ0v) is 10.8. The van der Waals surface area contributed by atoms with Crippen molar-refractivity contribution in [2.24, 2.45) is 5.92 Å². The number of hydrogen-bond donors (Lipinski definition) is 2. The Labute approximate surface area is 111 Å². The maximum absolute atomic E-state index is 12.0. The minimum absolute atomic E-state index is 0.268. The number of piperidine rings is 1. The molecular formula is C13H18N2O4. The van der Waals surface area contributed by atoms with E-state index in [-0.39, 0.29) is 12.6 Å². The van der Waals surface area contributed by atoms with E-state index < -0.39 is 12.0 Å². The van der Waals surface area contributed by atoms with E-state index in [1.807, 2.05) is 6.92 Å². The molecule has 1 aliphatic rings. The van der Waals surface area contributed by atoms with E-state index in [1.54, 1.807) is 12.1 Å². The molecule has 104 valence electrons. The van der Waals surface area contributed by atoms with Crippen LogP contribution in [0.25, 0.3) is 0 Å². The second-order valence-electron chi connectivity index (χ2n) is 4.92. The fourth-order valence-corrected chi connectivity index (χ4v) is 2.30. The molecule has 2 N–H and O–H groups in total. The summed E-state index contributed by atoms with van der Waals surface area (Å²) in [7, 11) is 0. The molecule has 19 heavy (non-hydrogen) atoms. The van der Waals surface area contributed by atoms with Crippen LogP contribution in [0.1, 0.15) is 25.5 Å². The van der Waals surface area contributed by atoms with Crippen LogP contribution in [-0.2, 0) is 11.3 Å². The third kappa shape index (κ3) is 3.27. The molecule has 0 aliphatic carbocycles. The average molecular weight is 266 g/mol. The lowest BCUT2D eigenvalue weighted by Gasteiger charge is -2.35. The number of aliphatic carboxylic acids is 1. The van der Waals surface area contributed by atoms with Crippen LogP contribution in [0.2, 0.25) is 0 Å². The number of urea groups is 1. The molecule has 6 nitrogen and oxygen atoms in total. The van der Waals surface area contributed by atoms with Gasteiger partial charge in [-0.25, -0.2) is 9.59 Å². The molecule has 1 aromatic heterocycles. The Hall–Kier alpha value is -1.98. The predicted molar refractivity (Wildman–Crippen MR) is 67.5 cm³/mol. The molecule has 2 rings (SSSR count). The number of likely N-dealkylation sites (tertiary alicyclic amines) is 1. The van der Waals surface area contributed by atoms with E-state index in [0.717, 1.165) is 6.42 Å². The highest BCUT2D eigenvalue weighted by molar-refractivity contribution is 5.82. The first-order valence-electron chi connectivity index (χ1n) is 6.37. The van der Waals surface area contributed by atoms with Crippen LogP contribution in [0.5, 0.6) is 0 Å². The number of amides is 2. The number of nitrogens with one attached hydrogen (secondary N) is 1. The van der Waals surface area contributed by atoms with Gasteiger partial charge >= 0.3 is 12.0 Å². The fraction of sp³-hybridized carbons (Fsp3) is 0.538. The van der Waals surface area contributed by atoms with Gasteiger partial charge in [0, 0.05) is 6.54 Å².